The average Bonchev–Trinajstić information content (AvgIpc) is 2.47. The summed E-state index contributed by atoms with van der Waals surface area (Å²) in [5.74, 6) is -1.07. The van der Waals surface area contributed by atoms with E-state index in [2.05, 4.69) is 11.4 Å². The summed E-state index contributed by atoms with van der Waals surface area (Å²) in [5, 5.41) is 11.9. The maximum Gasteiger partial charge on any atom is 0.335 e. The lowest BCUT2D eigenvalue weighted by Crippen LogP contribution is -2.41. The Hall–Kier alpha value is -2.62. The van der Waals surface area contributed by atoms with Crippen molar-refractivity contribution in [2.45, 2.75) is 32.7 Å². The van der Waals surface area contributed by atoms with E-state index in [0.717, 1.165) is 16.7 Å². The molecular formula is C19H21NO3. The number of hydrogen-bond acceptors (Lipinski definition) is 2. The van der Waals surface area contributed by atoms with E-state index in [1.165, 1.54) is 12.1 Å². The normalized spacial score (nSPS) is 11.1. The second kappa shape index (κ2) is 6.65. The summed E-state index contributed by atoms with van der Waals surface area (Å²) in [5.41, 5.74) is 2.73. The number of carboxylic acid groups (broad SMARTS) is 1. The van der Waals surface area contributed by atoms with E-state index in [0.29, 0.717) is 0 Å². The number of benzene rings is 2. The lowest BCUT2D eigenvalue weighted by Gasteiger charge is -2.27. The third-order valence-corrected chi connectivity index (χ3v) is 3.76. The molecule has 23 heavy (non-hydrogen) atoms. The minimum Gasteiger partial charge on any atom is -0.478 e. The van der Waals surface area contributed by atoms with Crippen LogP contribution in [0.25, 0.3) is 0 Å². The summed E-state index contributed by atoms with van der Waals surface area (Å²) >= 11 is 0. The Balaban J connectivity index is 2.05. The second-order valence-corrected chi connectivity index (χ2v) is 6.22. The van der Waals surface area contributed by atoms with Crippen LogP contribution in [0.3, 0.4) is 0 Å². The Kier molecular flexibility index (Phi) is 4.84. The minimum atomic E-state index is -0.971. The van der Waals surface area contributed by atoms with E-state index < -0.39 is 11.5 Å². The Morgan fingerprint density at radius 1 is 1.09 bits per heavy atom. The van der Waals surface area contributed by atoms with Gasteiger partial charge in [0, 0.05) is 0 Å². The van der Waals surface area contributed by atoms with Gasteiger partial charge in [-0.1, -0.05) is 42.0 Å². The molecule has 120 valence electrons. The first-order valence-corrected chi connectivity index (χ1v) is 7.48. The molecule has 0 atom stereocenters. The van der Waals surface area contributed by atoms with Crippen LogP contribution in [-0.2, 0) is 16.8 Å². The van der Waals surface area contributed by atoms with Gasteiger partial charge in [-0.25, -0.2) is 4.79 Å². The zero-order valence-electron chi connectivity index (χ0n) is 13.6. The topological polar surface area (TPSA) is 66.4 Å². The Morgan fingerprint density at radius 2 is 1.74 bits per heavy atom. The molecular weight excluding hydrogens is 290 g/mol. The molecule has 2 aromatic carbocycles. The molecule has 0 aromatic heterocycles. The average molecular weight is 311 g/mol. The maximum absolute atomic E-state index is 12.3. The van der Waals surface area contributed by atoms with Gasteiger partial charge in [0.1, 0.15) is 0 Å². The number of hydrogen-bond donors (Lipinski definition) is 2. The number of carbonyl (C=O) groups is 2. The molecule has 2 N–H and O–H groups in total. The van der Waals surface area contributed by atoms with Crippen molar-refractivity contribution >= 4 is 11.9 Å². The molecule has 0 saturated heterocycles. The van der Waals surface area contributed by atoms with Gasteiger partial charge in [-0.05, 0) is 44.0 Å². The van der Waals surface area contributed by atoms with Crippen molar-refractivity contribution in [2.24, 2.45) is 0 Å². The highest BCUT2D eigenvalue weighted by Gasteiger charge is 2.22. The van der Waals surface area contributed by atoms with E-state index >= 15 is 0 Å². The number of nitrogens with one attached hydrogen (secondary N) is 1. The van der Waals surface area contributed by atoms with E-state index in [9.17, 15) is 9.59 Å². The fraction of sp³-hybridized carbons (Fsp3) is 0.263. The molecule has 2 rings (SSSR count). The molecule has 0 saturated carbocycles. The summed E-state index contributed by atoms with van der Waals surface area (Å²) in [6.07, 6.45) is 0.217. The van der Waals surface area contributed by atoms with E-state index in [-0.39, 0.29) is 17.9 Å². The molecule has 0 radical (unpaired) electrons. The van der Waals surface area contributed by atoms with Crippen LogP contribution < -0.4 is 5.32 Å². The monoisotopic (exact) mass is 311 g/mol. The first-order valence-electron chi connectivity index (χ1n) is 7.48. The van der Waals surface area contributed by atoms with Gasteiger partial charge in [0.25, 0.3) is 0 Å². The van der Waals surface area contributed by atoms with Gasteiger partial charge in [-0.15, -0.1) is 0 Å². The van der Waals surface area contributed by atoms with Crippen molar-refractivity contribution < 1.29 is 14.7 Å². The zero-order chi connectivity index (χ0) is 17.0. The molecule has 0 spiro atoms. The molecule has 4 nitrogen and oxygen atoms in total. The van der Waals surface area contributed by atoms with Gasteiger partial charge >= 0.3 is 5.97 Å². The number of aryl methyl sites for hydroxylation is 1. The number of amides is 1. The molecule has 0 unspecified atom stereocenters. The number of rotatable bonds is 5. The van der Waals surface area contributed by atoms with Crippen LogP contribution >= 0.6 is 0 Å². The predicted molar refractivity (Wildman–Crippen MR) is 89.5 cm³/mol. The molecule has 2 aromatic rings. The summed E-state index contributed by atoms with van der Waals surface area (Å²) in [6.45, 7) is 5.95. The minimum absolute atomic E-state index is 0.0976. The van der Waals surface area contributed by atoms with E-state index in [1.54, 1.807) is 12.1 Å². The highest BCUT2D eigenvalue weighted by molar-refractivity contribution is 5.87. The van der Waals surface area contributed by atoms with Gasteiger partial charge in [0.05, 0.1) is 17.5 Å². The highest BCUT2D eigenvalue weighted by atomic mass is 16.4. The molecule has 0 bridgehead atoms. The fourth-order valence-corrected chi connectivity index (χ4v) is 2.45. The Morgan fingerprint density at radius 3 is 2.30 bits per heavy atom. The number of carboxylic acids is 1. The zero-order valence-corrected chi connectivity index (χ0v) is 13.6. The van der Waals surface area contributed by atoms with Crippen LogP contribution in [0.2, 0.25) is 0 Å². The quantitative estimate of drug-likeness (QED) is 0.890. The lowest BCUT2D eigenvalue weighted by molar-refractivity contribution is -0.122. The molecule has 0 fully saturated rings. The lowest BCUT2D eigenvalue weighted by atomic mass is 9.92. The molecule has 0 aliphatic rings. The summed E-state index contributed by atoms with van der Waals surface area (Å²) < 4.78 is 0. The highest BCUT2D eigenvalue weighted by Crippen LogP contribution is 2.21. The van der Waals surface area contributed by atoms with Crippen molar-refractivity contribution in [3.8, 4) is 0 Å². The predicted octanol–water partition coefficient (Wildman–Crippen LogP) is 3.29. The standard InChI is InChI=1S/C19H21NO3/c1-13-5-4-6-16(11-13)19(2,3)20-17(21)12-14-7-9-15(10-8-14)18(22)23/h4-11H,12H2,1-3H3,(H,20,21)(H,22,23). The van der Waals surface area contributed by atoms with Gasteiger partial charge in [-0.3, -0.25) is 4.79 Å². The third-order valence-electron chi connectivity index (χ3n) is 3.76. The molecule has 0 heterocycles. The third kappa shape index (κ3) is 4.42. The van der Waals surface area contributed by atoms with E-state index in [4.69, 9.17) is 5.11 Å². The van der Waals surface area contributed by atoms with Gasteiger partial charge in [0.15, 0.2) is 0 Å². The van der Waals surface area contributed by atoms with Crippen molar-refractivity contribution in [1.29, 1.82) is 0 Å². The van der Waals surface area contributed by atoms with Gasteiger partial charge in [-0.2, -0.15) is 0 Å². The van der Waals surface area contributed by atoms with Crippen molar-refractivity contribution in [3.63, 3.8) is 0 Å². The largest absolute Gasteiger partial charge is 0.478 e. The molecule has 4 heteroatoms. The van der Waals surface area contributed by atoms with Gasteiger partial charge in [0.2, 0.25) is 5.91 Å². The molecule has 0 aliphatic carbocycles. The first kappa shape index (κ1) is 16.7. The van der Waals surface area contributed by atoms with Crippen LogP contribution in [0.5, 0.6) is 0 Å². The summed E-state index contributed by atoms with van der Waals surface area (Å²) in [7, 11) is 0. The molecule has 0 aliphatic heterocycles. The summed E-state index contributed by atoms with van der Waals surface area (Å²) in [4.78, 5) is 23.1. The Bertz CT molecular complexity index is 718. The van der Waals surface area contributed by atoms with E-state index in [1.807, 2.05) is 39.0 Å². The molecule has 1 amide bonds. The summed E-state index contributed by atoms with van der Waals surface area (Å²) in [6, 6.07) is 14.4. The van der Waals surface area contributed by atoms with Crippen LogP contribution in [-0.4, -0.2) is 17.0 Å². The SMILES string of the molecule is Cc1cccc(C(C)(C)NC(=O)Cc2ccc(C(=O)O)cc2)c1. The maximum atomic E-state index is 12.3. The number of aromatic carboxylic acids is 1. The van der Waals surface area contributed by atoms with Crippen molar-refractivity contribution in [1.82, 2.24) is 5.32 Å². The van der Waals surface area contributed by atoms with Crippen molar-refractivity contribution in [2.75, 3.05) is 0 Å². The van der Waals surface area contributed by atoms with Crippen LogP contribution in [0.15, 0.2) is 48.5 Å². The number of carbonyl (C=O) groups excluding carboxylic acids is 1. The van der Waals surface area contributed by atoms with Crippen LogP contribution in [0.4, 0.5) is 0 Å². The smallest absolute Gasteiger partial charge is 0.335 e. The van der Waals surface area contributed by atoms with Crippen LogP contribution in [0, 0.1) is 6.92 Å². The van der Waals surface area contributed by atoms with Crippen molar-refractivity contribution in [3.05, 3.63) is 70.8 Å². The van der Waals surface area contributed by atoms with Gasteiger partial charge < -0.3 is 10.4 Å². The second-order valence-electron chi connectivity index (χ2n) is 6.22. The first-order chi connectivity index (χ1) is 10.8. The Labute approximate surface area is 136 Å². The fourth-order valence-electron chi connectivity index (χ4n) is 2.45. The van der Waals surface area contributed by atoms with Crippen LogP contribution in [0.1, 0.15) is 40.9 Å².